The molecule has 40 heavy (non-hydrogen) atoms. The molecule has 1 spiro atoms. The van der Waals surface area contributed by atoms with E-state index in [0.717, 1.165) is 34.7 Å². The van der Waals surface area contributed by atoms with Crippen LogP contribution in [0.15, 0.2) is 84.9 Å². The molecule has 7 rings (SSSR count). The predicted octanol–water partition coefficient (Wildman–Crippen LogP) is 5.48. The number of amides is 1. The molecule has 4 aromatic carbocycles. The Morgan fingerprint density at radius 3 is 2.67 bits per heavy atom. The summed E-state index contributed by atoms with van der Waals surface area (Å²) >= 11 is 0. The van der Waals surface area contributed by atoms with Gasteiger partial charge in [-0.2, -0.15) is 0 Å². The van der Waals surface area contributed by atoms with Gasteiger partial charge >= 0.3 is 0 Å². The summed E-state index contributed by atoms with van der Waals surface area (Å²) in [4.78, 5) is 28.4. The molecule has 0 unspecified atom stereocenters. The number of rotatable bonds is 6. The van der Waals surface area contributed by atoms with Crippen molar-refractivity contribution in [2.24, 2.45) is 0 Å². The lowest BCUT2D eigenvalue weighted by Crippen LogP contribution is -2.55. The van der Waals surface area contributed by atoms with Crippen LogP contribution in [0.25, 0.3) is 10.8 Å². The number of ether oxygens (including phenoxy) is 2. The molecule has 8 heteroatoms. The van der Waals surface area contributed by atoms with Crippen molar-refractivity contribution in [3.63, 3.8) is 0 Å². The van der Waals surface area contributed by atoms with Gasteiger partial charge in [0.1, 0.15) is 6.61 Å². The quantitative estimate of drug-likeness (QED) is 0.260. The highest BCUT2D eigenvalue weighted by atomic mass is 16.6. The van der Waals surface area contributed by atoms with E-state index in [1.807, 2.05) is 66.7 Å². The Balaban J connectivity index is 1.26. The number of nitrogens with zero attached hydrogens (tertiary/aromatic N) is 2. The smallest absolute Gasteiger partial charge is 0.256 e. The van der Waals surface area contributed by atoms with E-state index in [-0.39, 0.29) is 16.9 Å². The van der Waals surface area contributed by atoms with Gasteiger partial charge in [-0.15, -0.1) is 0 Å². The van der Waals surface area contributed by atoms with Gasteiger partial charge in [-0.1, -0.05) is 66.7 Å². The summed E-state index contributed by atoms with van der Waals surface area (Å²) in [6, 6.07) is 26.0. The maximum absolute atomic E-state index is 13.7. The summed E-state index contributed by atoms with van der Waals surface area (Å²) < 4.78 is 12.0. The molecule has 3 heterocycles. The molecule has 4 aromatic rings. The lowest BCUT2D eigenvalue weighted by atomic mass is 9.77. The fourth-order valence-electron chi connectivity index (χ4n) is 7.36. The molecular formula is C32H29N3O5. The van der Waals surface area contributed by atoms with Crippen molar-refractivity contribution >= 4 is 22.4 Å². The summed E-state index contributed by atoms with van der Waals surface area (Å²) in [7, 11) is 1.58. The SMILES string of the molecule is COc1cc([C@@H]2[C@@H]3CCCN3[C@]3(C(=O)Nc4ccccc43)[C@@H]2[N+](=O)[O-])ccc1OCc1cccc2ccccc12. The average Bonchev–Trinajstić information content (AvgIpc) is 3.64. The predicted molar refractivity (Wildman–Crippen MR) is 151 cm³/mol. The summed E-state index contributed by atoms with van der Waals surface area (Å²) in [5.41, 5.74) is 1.84. The minimum Gasteiger partial charge on any atom is -0.493 e. The Labute approximate surface area is 231 Å². The fourth-order valence-corrected chi connectivity index (χ4v) is 7.36. The number of nitro groups is 1. The zero-order chi connectivity index (χ0) is 27.4. The zero-order valence-electron chi connectivity index (χ0n) is 22.1. The maximum Gasteiger partial charge on any atom is 0.256 e. The van der Waals surface area contributed by atoms with Crippen LogP contribution in [-0.2, 0) is 16.9 Å². The van der Waals surface area contributed by atoms with Crippen molar-refractivity contribution in [1.29, 1.82) is 0 Å². The molecule has 0 radical (unpaired) electrons. The minimum atomic E-state index is -1.34. The Kier molecular flexibility index (Phi) is 5.75. The molecular weight excluding hydrogens is 506 g/mol. The lowest BCUT2D eigenvalue weighted by molar-refractivity contribution is -0.534. The van der Waals surface area contributed by atoms with E-state index in [2.05, 4.69) is 28.4 Å². The normalized spacial score (nSPS) is 25.1. The van der Waals surface area contributed by atoms with Crippen molar-refractivity contribution in [1.82, 2.24) is 4.90 Å². The standard InChI is InChI=1S/C32H29N3O5/c1-39-28-18-21(15-16-27(28)40-19-22-10-6-9-20-8-2-3-11-23(20)22)29-26-14-7-17-34(26)32(30(29)35(37)38)24-12-4-5-13-25(24)33-31(32)36/h2-6,8-13,15-16,18,26,29-30H,7,14,17,19H2,1H3,(H,33,36)/t26-,29+,30+,32-/m0/s1. The highest BCUT2D eigenvalue weighted by Gasteiger charge is 2.73. The molecule has 1 amide bonds. The van der Waals surface area contributed by atoms with Crippen LogP contribution in [-0.4, -0.2) is 41.5 Å². The monoisotopic (exact) mass is 535 g/mol. The Hall–Kier alpha value is -4.43. The number of anilines is 1. The van der Waals surface area contributed by atoms with Gasteiger partial charge in [-0.3, -0.25) is 19.8 Å². The van der Waals surface area contributed by atoms with Crippen molar-refractivity contribution in [3.8, 4) is 11.5 Å². The van der Waals surface area contributed by atoms with Gasteiger partial charge in [0.05, 0.1) is 13.0 Å². The molecule has 0 aliphatic carbocycles. The first kappa shape index (κ1) is 24.6. The average molecular weight is 536 g/mol. The summed E-state index contributed by atoms with van der Waals surface area (Å²) in [6.45, 7) is 0.991. The van der Waals surface area contributed by atoms with Gasteiger partial charge in [0.2, 0.25) is 0 Å². The highest BCUT2D eigenvalue weighted by molar-refractivity contribution is 6.07. The molecule has 2 saturated heterocycles. The van der Waals surface area contributed by atoms with Crippen molar-refractivity contribution in [3.05, 3.63) is 112 Å². The van der Waals surface area contributed by atoms with Crippen LogP contribution >= 0.6 is 0 Å². The van der Waals surface area contributed by atoms with Gasteiger partial charge in [0.15, 0.2) is 17.0 Å². The van der Waals surface area contributed by atoms with Gasteiger partial charge in [0.25, 0.3) is 11.9 Å². The molecule has 2 fully saturated rings. The number of carbonyl (C=O) groups is 1. The maximum atomic E-state index is 13.7. The van der Waals surface area contributed by atoms with Crippen LogP contribution in [0.2, 0.25) is 0 Å². The number of para-hydroxylation sites is 1. The third-order valence-electron chi connectivity index (χ3n) is 8.93. The minimum absolute atomic E-state index is 0.139. The molecule has 0 saturated carbocycles. The highest BCUT2D eigenvalue weighted by Crippen LogP contribution is 2.58. The van der Waals surface area contributed by atoms with Crippen LogP contribution in [0, 0.1) is 10.1 Å². The molecule has 4 atom stereocenters. The number of hydrogen-bond donors (Lipinski definition) is 1. The number of benzene rings is 4. The first-order valence-corrected chi connectivity index (χ1v) is 13.6. The van der Waals surface area contributed by atoms with Gasteiger partial charge in [0, 0.05) is 28.8 Å². The van der Waals surface area contributed by atoms with Crippen LogP contribution in [0.4, 0.5) is 5.69 Å². The van der Waals surface area contributed by atoms with E-state index in [1.54, 1.807) is 7.11 Å². The van der Waals surface area contributed by atoms with E-state index in [4.69, 9.17) is 9.47 Å². The van der Waals surface area contributed by atoms with Crippen molar-refractivity contribution in [2.45, 2.75) is 43.0 Å². The number of hydrogen-bond acceptors (Lipinski definition) is 6. The van der Waals surface area contributed by atoms with Crippen molar-refractivity contribution in [2.75, 3.05) is 19.0 Å². The van der Waals surface area contributed by atoms with Crippen LogP contribution in [0.5, 0.6) is 11.5 Å². The Bertz CT molecular complexity index is 1650. The first-order valence-electron chi connectivity index (χ1n) is 13.6. The largest absolute Gasteiger partial charge is 0.493 e. The van der Waals surface area contributed by atoms with Crippen LogP contribution < -0.4 is 14.8 Å². The molecule has 3 aliphatic heterocycles. The lowest BCUT2D eigenvalue weighted by Gasteiger charge is -2.32. The first-order chi connectivity index (χ1) is 19.5. The second-order valence-corrected chi connectivity index (χ2v) is 10.8. The Morgan fingerprint density at radius 2 is 1.82 bits per heavy atom. The number of nitrogens with one attached hydrogen (secondary N) is 1. The zero-order valence-corrected chi connectivity index (χ0v) is 22.1. The second kappa shape index (κ2) is 9.34. The molecule has 0 aromatic heterocycles. The van der Waals surface area contributed by atoms with E-state index >= 15 is 0 Å². The topological polar surface area (TPSA) is 93.9 Å². The molecule has 8 nitrogen and oxygen atoms in total. The van der Waals surface area contributed by atoms with Gasteiger partial charge in [-0.25, -0.2) is 0 Å². The van der Waals surface area contributed by atoms with Gasteiger partial charge in [-0.05, 0) is 52.9 Å². The number of carbonyl (C=O) groups excluding carboxylic acids is 1. The number of fused-ring (bicyclic) bond motifs is 5. The van der Waals surface area contributed by atoms with Gasteiger partial charge < -0.3 is 14.8 Å². The molecule has 3 aliphatic rings. The number of methoxy groups -OCH3 is 1. The Morgan fingerprint density at radius 1 is 1.02 bits per heavy atom. The summed E-state index contributed by atoms with van der Waals surface area (Å²) in [5, 5.41) is 18.1. The second-order valence-electron chi connectivity index (χ2n) is 10.8. The van der Waals surface area contributed by atoms with E-state index in [1.165, 1.54) is 0 Å². The summed E-state index contributed by atoms with van der Waals surface area (Å²) in [6.07, 6.45) is 1.67. The molecule has 202 valence electrons. The van der Waals surface area contributed by atoms with E-state index < -0.39 is 17.5 Å². The summed E-state index contributed by atoms with van der Waals surface area (Å²) in [5.74, 6) is 0.278. The van der Waals surface area contributed by atoms with Crippen LogP contribution in [0.1, 0.15) is 35.4 Å². The fraction of sp³-hybridized carbons (Fsp3) is 0.281. The molecule has 0 bridgehead atoms. The van der Waals surface area contributed by atoms with Crippen LogP contribution in [0.3, 0.4) is 0 Å². The molecule has 1 N–H and O–H groups in total. The third kappa shape index (κ3) is 3.45. The third-order valence-corrected chi connectivity index (χ3v) is 8.93. The van der Waals surface area contributed by atoms with Crippen molar-refractivity contribution < 1.29 is 19.2 Å². The van der Waals surface area contributed by atoms with E-state index in [9.17, 15) is 14.9 Å². The van der Waals surface area contributed by atoms with E-state index in [0.29, 0.717) is 35.9 Å².